The van der Waals surface area contributed by atoms with Gasteiger partial charge in [-0.1, -0.05) is 18.2 Å². The Labute approximate surface area is 118 Å². The van der Waals surface area contributed by atoms with Gasteiger partial charge >= 0.3 is 0 Å². The largest absolute Gasteiger partial charge is 0.489 e. The molecule has 0 radical (unpaired) electrons. The van der Waals surface area contributed by atoms with Crippen LogP contribution in [0.4, 0.5) is 5.69 Å². The number of anilines is 1. The van der Waals surface area contributed by atoms with E-state index < -0.39 is 0 Å². The van der Waals surface area contributed by atoms with Crippen molar-refractivity contribution in [3.63, 3.8) is 0 Å². The summed E-state index contributed by atoms with van der Waals surface area (Å²) in [6.45, 7) is 4.80. The van der Waals surface area contributed by atoms with Crippen molar-refractivity contribution in [1.82, 2.24) is 4.98 Å². The standard InChI is InChI=1S/C17H18N2O/c1-11-3-4-13(7-12(11)2)10-20-14-5-6-15-16(18)9-19-17(15)8-14/h3-9,19H,10,18H2,1-2H3. The van der Waals surface area contributed by atoms with Crippen molar-refractivity contribution in [2.24, 2.45) is 0 Å². The highest BCUT2D eigenvalue weighted by Gasteiger charge is 2.03. The molecule has 1 aromatic heterocycles. The average Bonchev–Trinajstić information content (AvgIpc) is 2.81. The van der Waals surface area contributed by atoms with Crippen LogP contribution in [0.15, 0.2) is 42.6 Å². The smallest absolute Gasteiger partial charge is 0.121 e. The number of nitrogens with two attached hydrogens (primary N) is 1. The second kappa shape index (κ2) is 4.93. The number of aryl methyl sites for hydroxylation is 2. The number of aromatic nitrogens is 1. The molecule has 3 N–H and O–H groups in total. The highest BCUT2D eigenvalue weighted by Crippen LogP contribution is 2.25. The summed E-state index contributed by atoms with van der Waals surface area (Å²) < 4.78 is 5.84. The molecular formula is C17H18N2O. The third kappa shape index (κ3) is 2.35. The lowest BCUT2D eigenvalue weighted by Crippen LogP contribution is -1.96. The van der Waals surface area contributed by atoms with Gasteiger partial charge in [0.2, 0.25) is 0 Å². The normalized spacial score (nSPS) is 10.9. The summed E-state index contributed by atoms with van der Waals surface area (Å²) in [4.78, 5) is 3.14. The number of hydrogen-bond acceptors (Lipinski definition) is 2. The van der Waals surface area contributed by atoms with Gasteiger partial charge in [-0.05, 0) is 42.7 Å². The van der Waals surface area contributed by atoms with Gasteiger partial charge in [-0.15, -0.1) is 0 Å². The molecule has 0 unspecified atom stereocenters. The van der Waals surface area contributed by atoms with Crippen molar-refractivity contribution < 1.29 is 4.74 Å². The Hall–Kier alpha value is -2.42. The van der Waals surface area contributed by atoms with Crippen LogP contribution in [0.25, 0.3) is 10.9 Å². The van der Waals surface area contributed by atoms with Gasteiger partial charge in [-0.3, -0.25) is 0 Å². The number of H-pyrrole nitrogens is 1. The lowest BCUT2D eigenvalue weighted by molar-refractivity contribution is 0.306. The Morgan fingerprint density at radius 3 is 2.70 bits per heavy atom. The van der Waals surface area contributed by atoms with Gasteiger partial charge in [0.1, 0.15) is 12.4 Å². The Morgan fingerprint density at radius 2 is 1.90 bits per heavy atom. The predicted molar refractivity (Wildman–Crippen MR) is 83.0 cm³/mol. The maximum absolute atomic E-state index is 5.85. The van der Waals surface area contributed by atoms with E-state index in [1.807, 2.05) is 18.2 Å². The minimum Gasteiger partial charge on any atom is -0.489 e. The van der Waals surface area contributed by atoms with Gasteiger partial charge in [0.25, 0.3) is 0 Å². The highest BCUT2D eigenvalue weighted by atomic mass is 16.5. The fourth-order valence-corrected chi connectivity index (χ4v) is 2.28. The van der Waals surface area contributed by atoms with Gasteiger partial charge in [0, 0.05) is 17.6 Å². The van der Waals surface area contributed by atoms with Crippen LogP contribution in [-0.4, -0.2) is 4.98 Å². The maximum atomic E-state index is 5.85. The topological polar surface area (TPSA) is 51.0 Å². The second-order valence-corrected chi connectivity index (χ2v) is 5.16. The molecule has 3 rings (SSSR count). The van der Waals surface area contributed by atoms with E-state index in [9.17, 15) is 0 Å². The number of nitrogen functional groups attached to an aromatic ring is 1. The fourth-order valence-electron chi connectivity index (χ4n) is 2.28. The van der Waals surface area contributed by atoms with Crippen LogP contribution in [0, 0.1) is 13.8 Å². The lowest BCUT2D eigenvalue weighted by Gasteiger charge is -2.08. The molecule has 0 fully saturated rings. The first-order chi connectivity index (χ1) is 9.63. The number of fused-ring (bicyclic) bond motifs is 1. The molecular weight excluding hydrogens is 248 g/mol. The van der Waals surface area contributed by atoms with Crippen molar-refractivity contribution >= 4 is 16.6 Å². The first-order valence-electron chi connectivity index (χ1n) is 6.69. The molecule has 0 spiro atoms. The van der Waals surface area contributed by atoms with Crippen LogP contribution in [0.5, 0.6) is 5.75 Å². The Bertz CT molecular complexity index is 759. The molecule has 3 aromatic rings. The monoisotopic (exact) mass is 266 g/mol. The molecule has 0 saturated carbocycles. The number of nitrogens with one attached hydrogen (secondary N) is 1. The van der Waals surface area contributed by atoms with Crippen LogP contribution in [0.1, 0.15) is 16.7 Å². The van der Waals surface area contributed by atoms with E-state index in [1.54, 1.807) is 6.20 Å². The van der Waals surface area contributed by atoms with E-state index >= 15 is 0 Å². The van der Waals surface area contributed by atoms with Crippen molar-refractivity contribution in [3.8, 4) is 5.75 Å². The molecule has 0 atom stereocenters. The number of rotatable bonds is 3. The SMILES string of the molecule is Cc1ccc(COc2ccc3c(N)c[nH]c3c2)cc1C. The fraction of sp³-hybridized carbons (Fsp3) is 0.176. The van der Waals surface area contributed by atoms with Crippen LogP contribution >= 0.6 is 0 Å². The van der Waals surface area contributed by atoms with Crippen LogP contribution in [-0.2, 0) is 6.61 Å². The summed E-state index contributed by atoms with van der Waals surface area (Å²) >= 11 is 0. The minimum absolute atomic E-state index is 0.572. The third-order valence-corrected chi connectivity index (χ3v) is 3.66. The highest BCUT2D eigenvalue weighted by molar-refractivity contribution is 5.91. The third-order valence-electron chi connectivity index (χ3n) is 3.66. The van der Waals surface area contributed by atoms with Crippen LogP contribution < -0.4 is 10.5 Å². The quantitative estimate of drug-likeness (QED) is 0.754. The second-order valence-electron chi connectivity index (χ2n) is 5.16. The summed E-state index contributed by atoms with van der Waals surface area (Å²) in [6.07, 6.45) is 1.80. The summed E-state index contributed by atoms with van der Waals surface area (Å²) in [5, 5.41) is 1.03. The first-order valence-corrected chi connectivity index (χ1v) is 6.69. The summed E-state index contributed by atoms with van der Waals surface area (Å²) in [7, 11) is 0. The molecule has 102 valence electrons. The molecule has 0 aliphatic rings. The van der Waals surface area contributed by atoms with Gasteiger partial charge in [0.05, 0.1) is 11.2 Å². The first kappa shape index (κ1) is 12.6. The van der Waals surface area contributed by atoms with Crippen molar-refractivity contribution in [2.45, 2.75) is 20.5 Å². The molecule has 0 bridgehead atoms. The summed E-state index contributed by atoms with van der Waals surface area (Å²) in [5.74, 6) is 0.845. The predicted octanol–water partition coefficient (Wildman–Crippen LogP) is 3.95. The number of ether oxygens (including phenoxy) is 1. The maximum Gasteiger partial charge on any atom is 0.121 e. The zero-order chi connectivity index (χ0) is 14.1. The molecule has 3 nitrogen and oxygen atoms in total. The van der Waals surface area contributed by atoms with E-state index in [-0.39, 0.29) is 0 Å². The van der Waals surface area contributed by atoms with E-state index in [0.717, 1.165) is 22.3 Å². The molecule has 0 amide bonds. The molecule has 0 aliphatic carbocycles. The van der Waals surface area contributed by atoms with E-state index in [1.165, 1.54) is 16.7 Å². The van der Waals surface area contributed by atoms with Crippen molar-refractivity contribution in [2.75, 3.05) is 5.73 Å². The van der Waals surface area contributed by atoms with Gasteiger partial charge in [-0.2, -0.15) is 0 Å². The molecule has 20 heavy (non-hydrogen) atoms. The van der Waals surface area contributed by atoms with Gasteiger partial charge in [-0.25, -0.2) is 0 Å². The Kier molecular flexibility index (Phi) is 3.11. The summed E-state index contributed by atoms with van der Waals surface area (Å²) in [5.41, 5.74) is 11.4. The zero-order valence-electron chi connectivity index (χ0n) is 11.7. The number of hydrogen-bond donors (Lipinski definition) is 2. The van der Waals surface area contributed by atoms with E-state index in [2.05, 4.69) is 37.0 Å². The molecule has 3 heteroatoms. The Morgan fingerprint density at radius 1 is 1.05 bits per heavy atom. The average molecular weight is 266 g/mol. The number of benzene rings is 2. The van der Waals surface area contributed by atoms with Crippen molar-refractivity contribution in [3.05, 3.63) is 59.3 Å². The van der Waals surface area contributed by atoms with Gasteiger partial charge in [0.15, 0.2) is 0 Å². The molecule has 0 aliphatic heterocycles. The van der Waals surface area contributed by atoms with Crippen LogP contribution in [0.3, 0.4) is 0 Å². The number of aromatic amines is 1. The molecule has 2 aromatic carbocycles. The van der Waals surface area contributed by atoms with Gasteiger partial charge < -0.3 is 15.5 Å². The van der Waals surface area contributed by atoms with E-state index in [4.69, 9.17) is 10.5 Å². The zero-order valence-corrected chi connectivity index (χ0v) is 11.7. The Balaban J connectivity index is 1.77. The summed E-state index contributed by atoms with van der Waals surface area (Å²) in [6, 6.07) is 12.3. The van der Waals surface area contributed by atoms with E-state index in [0.29, 0.717) is 6.61 Å². The molecule has 1 heterocycles. The minimum atomic E-state index is 0.572. The lowest BCUT2D eigenvalue weighted by atomic mass is 10.1. The van der Waals surface area contributed by atoms with Crippen LogP contribution in [0.2, 0.25) is 0 Å². The van der Waals surface area contributed by atoms with Crippen molar-refractivity contribution in [1.29, 1.82) is 0 Å². The molecule has 0 saturated heterocycles.